The predicted octanol–water partition coefficient (Wildman–Crippen LogP) is 4.44. The second-order valence-electron chi connectivity index (χ2n) is 5.60. The zero-order valence-corrected chi connectivity index (χ0v) is 15.9. The Morgan fingerprint density at radius 1 is 1.12 bits per heavy atom. The molecule has 0 saturated carbocycles. The van der Waals surface area contributed by atoms with Gasteiger partial charge in [-0.15, -0.1) is 0 Å². The Balaban J connectivity index is 1.67. The van der Waals surface area contributed by atoms with Crippen LogP contribution in [0.3, 0.4) is 0 Å². The highest BCUT2D eigenvalue weighted by atomic mass is 127. The van der Waals surface area contributed by atoms with Gasteiger partial charge in [-0.2, -0.15) is 0 Å². The maximum absolute atomic E-state index is 11.9. The summed E-state index contributed by atoms with van der Waals surface area (Å²) in [5.74, 6) is 0.474. The third-order valence-corrected chi connectivity index (χ3v) is 4.41. The van der Waals surface area contributed by atoms with Crippen molar-refractivity contribution in [3.05, 3.63) is 63.2 Å². The molecule has 0 heterocycles. The maximum atomic E-state index is 11.9. The molecule has 0 aliphatic heterocycles. The normalized spacial score (nSPS) is 11.8. The van der Waals surface area contributed by atoms with E-state index in [1.807, 2.05) is 0 Å². The fraction of sp³-hybridized carbons (Fsp3) is 0.316. The van der Waals surface area contributed by atoms with Crippen molar-refractivity contribution in [3.63, 3.8) is 0 Å². The van der Waals surface area contributed by atoms with Crippen LogP contribution in [0.4, 0.5) is 0 Å². The first-order chi connectivity index (χ1) is 11.6. The van der Waals surface area contributed by atoms with E-state index in [4.69, 9.17) is 17.3 Å². The molecule has 0 N–H and O–H groups in total. The lowest BCUT2D eigenvalue weighted by Crippen LogP contribution is -2.07. The molecule has 2 aromatic rings. The van der Waals surface area contributed by atoms with Gasteiger partial charge in [0.15, 0.2) is 0 Å². The van der Waals surface area contributed by atoms with Gasteiger partial charge < -0.3 is 9.47 Å². The fourth-order valence-electron chi connectivity index (χ4n) is 2.35. The summed E-state index contributed by atoms with van der Waals surface area (Å²) in [7, 11) is 7.74. The number of hydrogen-bond acceptors (Lipinski definition) is 3. The first-order valence-electron chi connectivity index (χ1n) is 7.89. The van der Waals surface area contributed by atoms with Crippen molar-refractivity contribution in [1.29, 1.82) is 0 Å². The molecule has 0 saturated heterocycles. The van der Waals surface area contributed by atoms with Crippen LogP contribution in [0.2, 0.25) is 5.82 Å². The number of esters is 1. The summed E-state index contributed by atoms with van der Waals surface area (Å²) >= 11 is 2.29. The van der Waals surface area contributed by atoms with Crippen molar-refractivity contribution in [3.8, 4) is 5.75 Å². The van der Waals surface area contributed by atoms with Gasteiger partial charge in [-0.25, -0.2) is 4.79 Å². The van der Waals surface area contributed by atoms with Gasteiger partial charge in [-0.1, -0.05) is 24.4 Å². The van der Waals surface area contributed by atoms with Gasteiger partial charge in [-0.3, -0.25) is 0 Å². The molecular weight excluding hydrogens is 414 g/mol. The number of carbonyl (C=O) groups excluding carboxylic acids is 1. The van der Waals surface area contributed by atoms with Crippen molar-refractivity contribution in [1.82, 2.24) is 0 Å². The molecule has 0 aromatic heterocycles. The molecular formula is C19H20BIO3. The molecule has 24 heavy (non-hydrogen) atoms. The molecule has 0 aliphatic carbocycles. The minimum Gasteiger partial charge on any atom is -0.497 e. The van der Waals surface area contributed by atoms with Crippen molar-refractivity contribution >= 4 is 36.4 Å². The van der Waals surface area contributed by atoms with Gasteiger partial charge in [0.2, 0.25) is 0 Å². The molecule has 2 rings (SSSR count). The maximum Gasteiger partial charge on any atom is 0.338 e. The highest BCUT2D eigenvalue weighted by molar-refractivity contribution is 14.1. The molecule has 5 heteroatoms. The molecule has 3 nitrogen and oxygen atoms in total. The Hall–Kier alpha value is -1.50. The van der Waals surface area contributed by atoms with E-state index in [9.17, 15) is 4.79 Å². The summed E-state index contributed by atoms with van der Waals surface area (Å²) in [6.45, 7) is 0.380. The van der Waals surface area contributed by atoms with E-state index in [1.54, 1.807) is 31.4 Å². The molecule has 2 aromatic carbocycles. The zero-order valence-electron chi connectivity index (χ0n) is 13.7. The first kappa shape index (κ1) is 18.8. The van der Waals surface area contributed by atoms with Crippen molar-refractivity contribution in [2.45, 2.75) is 25.1 Å². The van der Waals surface area contributed by atoms with Crippen molar-refractivity contribution in [2.24, 2.45) is 0 Å². The van der Waals surface area contributed by atoms with Crippen LogP contribution in [0, 0.1) is 3.57 Å². The SMILES string of the molecule is [B][C@@H](CCCOC(=O)c1ccc(OC)cc1)Cc1ccc(I)cc1. The van der Waals surface area contributed by atoms with E-state index < -0.39 is 0 Å². The highest BCUT2D eigenvalue weighted by Crippen LogP contribution is 2.18. The Kier molecular flexibility index (Phi) is 7.63. The lowest BCUT2D eigenvalue weighted by molar-refractivity contribution is 0.0498. The summed E-state index contributed by atoms with van der Waals surface area (Å²) in [6.07, 6.45) is 2.42. The molecule has 0 aliphatic rings. The average Bonchev–Trinajstić information content (AvgIpc) is 2.60. The summed E-state index contributed by atoms with van der Waals surface area (Å²) < 4.78 is 11.6. The van der Waals surface area contributed by atoms with Gasteiger partial charge >= 0.3 is 5.97 Å². The lowest BCUT2D eigenvalue weighted by Gasteiger charge is -2.12. The van der Waals surface area contributed by atoms with Gasteiger partial charge in [0.05, 0.1) is 27.1 Å². The first-order valence-corrected chi connectivity index (χ1v) is 8.97. The smallest absolute Gasteiger partial charge is 0.338 e. The predicted molar refractivity (Wildman–Crippen MR) is 105 cm³/mol. The molecule has 124 valence electrons. The highest BCUT2D eigenvalue weighted by Gasteiger charge is 2.08. The Morgan fingerprint density at radius 2 is 1.79 bits per heavy atom. The van der Waals surface area contributed by atoms with E-state index in [-0.39, 0.29) is 11.8 Å². The zero-order chi connectivity index (χ0) is 17.4. The molecule has 0 fully saturated rings. The third-order valence-electron chi connectivity index (χ3n) is 3.69. The minimum absolute atomic E-state index is 0.0738. The second kappa shape index (κ2) is 9.72. The van der Waals surface area contributed by atoms with Gasteiger partial charge in [0, 0.05) is 3.57 Å². The molecule has 2 radical (unpaired) electrons. The summed E-state index contributed by atoms with van der Waals surface area (Å²) in [5.41, 5.74) is 1.76. The Bertz CT molecular complexity index is 641. The molecule has 0 spiro atoms. The second-order valence-corrected chi connectivity index (χ2v) is 6.84. The van der Waals surface area contributed by atoms with Gasteiger partial charge in [0.1, 0.15) is 5.75 Å². The number of hydrogen-bond donors (Lipinski definition) is 0. The lowest BCUT2D eigenvalue weighted by atomic mass is 9.79. The van der Waals surface area contributed by atoms with Crippen LogP contribution >= 0.6 is 22.6 Å². The molecule has 1 atom stereocenters. The summed E-state index contributed by atoms with van der Waals surface area (Å²) in [6, 6.07) is 15.3. The Morgan fingerprint density at radius 3 is 2.42 bits per heavy atom. The standard InChI is InChI=1S/C19H20BIO3/c1-23-18-10-6-15(7-11-18)19(22)24-12-2-3-16(20)13-14-4-8-17(21)9-5-14/h4-11,16H,2-3,12-13H2,1H3/t16-/m0/s1. The monoisotopic (exact) mass is 434 g/mol. The fourth-order valence-corrected chi connectivity index (χ4v) is 2.71. The molecule has 0 unspecified atom stereocenters. The van der Waals surface area contributed by atoms with E-state index in [1.165, 1.54) is 9.13 Å². The van der Waals surface area contributed by atoms with Crippen LogP contribution in [0.1, 0.15) is 28.8 Å². The van der Waals surface area contributed by atoms with E-state index >= 15 is 0 Å². The van der Waals surface area contributed by atoms with Crippen LogP contribution in [0.25, 0.3) is 0 Å². The van der Waals surface area contributed by atoms with Crippen molar-refractivity contribution in [2.75, 3.05) is 13.7 Å². The van der Waals surface area contributed by atoms with E-state index in [0.29, 0.717) is 17.9 Å². The number of halogens is 1. The van der Waals surface area contributed by atoms with E-state index in [0.717, 1.165) is 19.3 Å². The van der Waals surface area contributed by atoms with Crippen LogP contribution in [0.5, 0.6) is 5.75 Å². The average molecular weight is 434 g/mol. The van der Waals surface area contributed by atoms with Crippen molar-refractivity contribution < 1.29 is 14.3 Å². The van der Waals surface area contributed by atoms with Crippen LogP contribution in [0.15, 0.2) is 48.5 Å². The number of benzene rings is 2. The van der Waals surface area contributed by atoms with E-state index in [2.05, 4.69) is 46.9 Å². The summed E-state index contributed by atoms with van der Waals surface area (Å²) in [5, 5.41) is 0. The number of ether oxygens (including phenoxy) is 2. The van der Waals surface area contributed by atoms with Gasteiger partial charge in [0.25, 0.3) is 0 Å². The quantitative estimate of drug-likeness (QED) is 0.267. The number of methoxy groups -OCH3 is 1. The number of carbonyl (C=O) groups is 1. The Labute approximate surface area is 158 Å². The molecule has 0 bridgehead atoms. The topological polar surface area (TPSA) is 35.5 Å². The van der Waals surface area contributed by atoms with Gasteiger partial charge in [-0.05, 0) is 77.4 Å². The van der Waals surface area contributed by atoms with Crippen LogP contribution in [-0.2, 0) is 11.2 Å². The molecule has 0 amide bonds. The largest absolute Gasteiger partial charge is 0.497 e. The number of rotatable bonds is 8. The summed E-state index contributed by atoms with van der Waals surface area (Å²) in [4.78, 5) is 11.9. The third kappa shape index (κ3) is 6.19. The van der Waals surface area contributed by atoms with Crippen LogP contribution < -0.4 is 4.74 Å². The minimum atomic E-state index is -0.316. The van der Waals surface area contributed by atoms with Crippen LogP contribution in [-0.4, -0.2) is 27.5 Å².